The number of allylic oxidation sites excluding steroid dienone is 1. The van der Waals surface area contributed by atoms with Crippen molar-refractivity contribution in [2.24, 2.45) is 17.8 Å². The predicted octanol–water partition coefficient (Wildman–Crippen LogP) is 2.93. The van der Waals surface area contributed by atoms with Crippen molar-refractivity contribution < 1.29 is 4.55 Å². The summed E-state index contributed by atoms with van der Waals surface area (Å²) in [4.78, 5) is 0. The van der Waals surface area contributed by atoms with Gasteiger partial charge in [-0.3, -0.25) is 0 Å². The molecule has 3 heteroatoms. The third kappa shape index (κ3) is 2.24. The lowest BCUT2D eigenvalue weighted by molar-refractivity contribution is -0.0182. The number of rotatable bonds is 3. The molecule has 1 atom stereocenters. The van der Waals surface area contributed by atoms with E-state index in [2.05, 4.69) is 11.4 Å². The molecule has 1 unspecified atom stereocenters. The maximum atomic E-state index is 11.6. The molecular formula is C18H25NOS. The van der Waals surface area contributed by atoms with Gasteiger partial charge in [0.2, 0.25) is 0 Å². The van der Waals surface area contributed by atoms with Crippen LogP contribution in [0.1, 0.15) is 44.9 Å². The molecule has 1 heterocycles. The molecule has 4 saturated carbocycles. The van der Waals surface area contributed by atoms with Crippen LogP contribution in [0.5, 0.6) is 0 Å². The van der Waals surface area contributed by atoms with Crippen LogP contribution in [0.2, 0.25) is 0 Å². The van der Waals surface area contributed by atoms with Crippen molar-refractivity contribution in [3.63, 3.8) is 0 Å². The van der Waals surface area contributed by atoms with Crippen LogP contribution < -0.4 is 5.32 Å². The van der Waals surface area contributed by atoms with Gasteiger partial charge in [0.25, 0.3) is 0 Å². The van der Waals surface area contributed by atoms with Crippen molar-refractivity contribution in [3.8, 4) is 0 Å². The van der Waals surface area contributed by atoms with Gasteiger partial charge in [0.15, 0.2) is 0 Å². The Balaban J connectivity index is 1.25. The summed E-state index contributed by atoms with van der Waals surface area (Å²) in [5.74, 6) is 4.72. The van der Waals surface area contributed by atoms with Gasteiger partial charge in [-0.25, -0.2) is 0 Å². The molecule has 21 heavy (non-hydrogen) atoms. The number of hydrogen-bond donors (Lipinski definition) is 1. The van der Waals surface area contributed by atoms with Crippen LogP contribution in [-0.4, -0.2) is 28.1 Å². The minimum Gasteiger partial charge on any atom is -0.616 e. The van der Waals surface area contributed by atoms with E-state index in [-0.39, 0.29) is 0 Å². The summed E-state index contributed by atoms with van der Waals surface area (Å²) in [6.45, 7) is 1.08. The first-order valence-electron chi connectivity index (χ1n) is 8.68. The molecule has 2 nitrogen and oxygen atoms in total. The molecule has 0 saturated heterocycles. The molecule has 6 aliphatic rings. The van der Waals surface area contributed by atoms with E-state index in [1.54, 1.807) is 5.57 Å². The summed E-state index contributed by atoms with van der Waals surface area (Å²) in [5, 5.41) is 4.00. The maximum absolute atomic E-state index is 11.6. The van der Waals surface area contributed by atoms with Crippen molar-refractivity contribution >= 4 is 11.2 Å². The molecular weight excluding hydrogens is 278 g/mol. The predicted molar refractivity (Wildman–Crippen MR) is 86.5 cm³/mol. The van der Waals surface area contributed by atoms with Crippen LogP contribution in [-0.2, 0) is 11.2 Å². The molecule has 1 N–H and O–H groups in total. The lowest BCUT2D eigenvalue weighted by atomic mass is 9.53. The smallest absolute Gasteiger partial charge is 0.131 e. The Morgan fingerprint density at radius 1 is 1.10 bits per heavy atom. The van der Waals surface area contributed by atoms with E-state index in [1.165, 1.54) is 49.7 Å². The second-order valence-corrected chi connectivity index (χ2v) is 9.85. The number of nitrogens with one attached hydrogen (secondary N) is 1. The third-order valence-corrected chi connectivity index (χ3v) is 7.96. The van der Waals surface area contributed by atoms with Gasteiger partial charge in [-0.05, 0) is 79.4 Å². The Labute approximate surface area is 130 Å². The fraction of sp³-hybridized carbons (Fsp3) is 0.778. The first-order chi connectivity index (χ1) is 10.2. The van der Waals surface area contributed by atoms with Gasteiger partial charge in [0.1, 0.15) is 11.5 Å². The van der Waals surface area contributed by atoms with Crippen molar-refractivity contribution in [2.45, 2.75) is 50.5 Å². The van der Waals surface area contributed by atoms with Gasteiger partial charge in [-0.2, -0.15) is 0 Å². The number of hydrogen-bond acceptors (Lipinski definition) is 2. The zero-order chi connectivity index (χ0) is 14.0. The topological polar surface area (TPSA) is 35.1 Å². The van der Waals surface area contributed by atoms with E-state index in [0.29, 0.717) is 5.54 Å². The van der Waals surface area contributed by atoms with Crippen molar-refractivity contribution in [2.75, 3.05) is 18.1 Å². The standard InChI is InChI=1S/C18H25NOS/c20-21-10-16-4-15(5-17(16)11-21)9-19-18-6-12-1-13(7-18)3-14(2-12)8-18/h4,12-14,19H,1-3,5-11H2. The molecule has 1 aliphatic heterocycles. The van der Waals surface area contributed by atoms with E-state index in [0.717, 1.165) is 42.2 Å². The quantitative estimate of drug-likeness (QED) is 0.814. The highest BCUT2D eigenvalue weighted by molar-refractivity contribution is 7.92. The van der Waals surface area contributed by atoms with Crippen LogP contribution in [0.25, 0.3) is 0 Å². The summed E-state index contributed by atoms with van der Waals surface area (Å²) in [5.41, 5.74) is 4.89. The minimum absolute atomic E-state index is 0.478. The van der Waals surface area contributed by atoms with Gasteiger partial charge in [0.05, 0.1) is 0 Å². The Morgan fingerprint density at radius 2 is 1.76 bits per heavy atom. The highest BCUT2D eigenvalue weighted by Gasteiger charge is 2.50. The Hall–Kier alpha value is -0.250. The average Bonchev–Trinajstić information content (AvgIpc) is 2.91. The minimum atomic E-state index is -0.598. The average molecular weight is 303 g/mol. The molecule has 6 rings (SSSR count). The molecule has 5 aliphatic carbocycles. The van der Waals surface area contributed by atoms with Crippen molar-refractivity contribution in [3.05, 3.63) is 22.8 Å². The van der Waals surface area contributed by atoms with Crippen molar-refractivity contribution in [1.29, 1.82) is 0 Å². The van der Waals surface area contributed by atoms with Crippen LogP contribution in [0.3, 0.4) is 0 Å². The molecule has 0 aromatic carbocycles. The van der Waals surface area contributed by atoms with Crippen molar-refractivity contribution in [1.82, 2.24) is 5.32 Å². The van der Waals surface area contributed by atoms with Crippen LogP contribution in [0.15, 0.2) is 22.8 Å². The largest absolute Gasteiger partial charge is 0.616 e. The van der Waals surface area contributed by atoms with Gasteiger partial charge in [0, 0.05) is 17.7 Å². The maximum Gasteiger partial charge on any atom is 0.131 e. The highest BCUT2D eigenvalue weighted by atomic mass is 32.2. The molecule has 0 aromatic heterocycles. The fourth-order valence-electron chi connectivity index (χ4n) is 6.24. The lowest BCUT2D eigenvalue weighted by Crippen LogP contribution is -2.58. The third-order valence-electron chi connectivity index (χ3n) is 6.65. The Morgan fingerprint density at radius 3 is 2.38 bits per heavy atom. The zero-order valence-corrected chi connectivity index (χ0v) is 13.5. The highest BCUT2D eigenvalue weighted by Crippen LogP contribution is 2.55. The van der Waals surface area contributed by atoms with Gasteiger partial charge >= 0.3 is 0 Å². The van der Waals surface area contributed by atoms with Gasteiger partial charge in [-0.1, -0.05) is 11.6 Å². The molecule has 4 fully saturated rings. The van der Waals surface area contributed by atoms with E-state index in [1.807, 2.05) is 0 Å². The summed E-state index contributed by atoms with van der Waals surface area (Å²) in [7, 11) is 0. The monoisotopic (exact) mass is 303 g/mol. The molecule has 114 valence electrons. The molecule has 0 spiro atoms. The van der Waals surface area contributed by atoms with Crippen LogP contribution >= 0.6 is 0 Å². The van der Waals surface area contributed by atoms with Gasteiger partial charge in [-0.15, -0.1) is 0 Å². The molecule has 0 aromatic rings. The van der Waals surface area contributed by atoms with Gasteiger partial charge < -0.3 is 9.87 Å². The normalized spacial score (nSPS) is 47.2. The SMILES string of the molecule is [O-][S+]1CC2=C(CC(CNC34CC5CC(CC(C5)C3)C4)=C2)C1. The summed E-state index contributed by atoms with van der Waals surface area (Å²) in [6.07, 6.45) is 12.3. The Bertz CT molecular complexity index is 500. The van der Waals surface area contributed by atoms with Crippen LogP contribution in [0, 0.1) is 17.8 Å². The van der Waals surface area contributed by atoms with E-state index in [9.17, 15) is 4.55 Å². The molecule has 0 radical (unpaired) electrons. The summed E-state index contributed by atoms with van der Waals surface area (Å²) < 4.78 is 11.6. The summed E-state index contributed by atoms with van der Waals surface area (Å²) in [6, 6.07) is 0. The van der Waals surface area contributed by atoms with E-state index >= 15 is 0 Å². The first-order valence-corrected chi connectivity index (χ1v) is 10.2. The second kappa shape index (κ2) is 4.62. The first kappa shape index (κ1) is 13.2. The fourth-order valence-corrected chi connectivity index (χ4v) is 7.65. The zero-order valence-electron chi connectivity index (χ0n) is 12.7. The summed E-state index contributed by atoms with van der Waals surface area (Å²) >= 11 is -0.598. The van der Waals surface area contributed by atoms with E-state index in [4.69, 9.17) is 0 Å². The Kier molecular flexibility index (Phi) is 2.91. The molecule has 0 amide bonds. The van der Waals surface area contributed by atoms with Crippen LogP contribution in [0.4, 0.5) is 0 Å². The van der Waals surface area contributed by atoms with E-state index < -0.39 is 11.2 Å². The second-order valence-electron chi connectivity index (χ2n) is 8.39. The molecule has 4 bridgehead atoms. The lowest BCUT2D eigenvalue weighted by Gasteiger charge is -2.57.